The molecule has 4 nitrogen and oxygen atoms in total. The monoisotopic (exact) mass is 562 g/mol. The highest BCUT2D eigenvalue weighted by Gasteiger charge is 2.49. The zero-order valence-electron chi connectivity index (χ0n) is 21.6. The molecule has 0 bridgehead atoms. The van der Waals surface area contributed by atoms with Crippen molar-refractivity contribution in [2.45, 2.75) is 30.8 Å². The molecule has 3 aliphatic heterocycles. The van der Waals surface area contributed by atoms with Gasteiger partial charge in [0.25, 0.3) is 0 Å². The molecule has 2 saturated heterocycles. The fourth-order valence-corrected chi connectivity index (χ4v) is 6.33. The summed E-state index contributed by atoms with van der Waals surface area (Å²) < 4.78 is 88.6. The summed E-state index contributed by atoms with van der Waals surface area (Å²) in [7, 11) is 0. The SMILES string of the molecule is FC(F)(F)CCN1CC(Cc2cccc(N3CC4(COC4)C3)c2)(c2cccc(OC(F)(F)F)c2)c2ccccc21. The molecule has 2 fully saturated rings. The third-order valence-corrected chi connectivity index (χ3v) is 8.16. The van der Waals surface area contributed by atoms with Crippen LogP contribution < -0.4 is 14.5 Å². The Balaban J connectivity index is 1.38. The molecule has 0 aliphatic carbocycles. The number of fused-ring (bicyclic) bond motifs is 1. The first-order chi connectivity index (χ1) is 18.9. The van der Waals surface area contributed by atoms with E-state index in [0.29, 0.717) is 17.7 Å². The summed E-state index contributed by atoms with van der Waals surface area (Å²) in [6.07, 6.45) is -9.82. The van der Waals surface area contributed by atoms with E-state index in [1.54, 1.807) is 23.1 Å². The van der Waals surface area contributed by atoms with Crippen molar-refractivity contribution < 1.29 is 35.8 Å². The lowest BCUT2D eigenvalue weighted by molar-refractivity contribution is -0.274. The van der Waals surface area contributed by atoms with Crippen LogP contribution in [0.4, 0.5) is 37.7 Å². The van der Waals surface area contributed by atoms with E-state index in [9.17, 15) is 26.3 Å². The predicted molar refractivity (Wildman–Crippen MR) is 139 cm³/mol. The molecule has 0 radical (unpaired) electrons. The van der Waals surface area contributed by atoms with Gasteiger partial charge in [0.15, 0.2) is 0 Å². The molecule has 6 rings (SSSR count). The molecule has 3 aromatic carbocycles. The van der Waals surface area contributed by atoms with Crippen molar-refractivity contribution in [3.05, 3.63) is 89.5 Å². The van der Waals surface area contributed by atoms with Crippen molar-refractivity contribution in [1.29, 1.82) is 0 Å². The Kier molecular flexibility index (Phi) is 6.44. The van der Waals surface area contributed by atoms with Crippen LogP contribution in [0.5, 0.6) is 5.75 Å². The number of nitrogens with zero attached hydrogens (tertiary/aromatic N) is 2. The van der Waals surface area contributed by atoms with E-state index >= 15 is 0 Å². The Morgan fingerprint density at radius 3 is 2.27 bits per heavy atom. The van der Waals surface area contributed by atoms with Gasteiger partial charge in [0.2, 0.25) is 0 Å². The lowest BCUT2D eigenvalue weighted by atomic mass is 9.71. The molecule has 0 aromatic heterocycles. The molecule has 0 saturated carbocycles. The highest BCUT2D eigenvalue weighted by molar-refractivity contribution is 5.67. The van der Waals surface area contributed by atoms with Crippen molar-refractivity contribution in [2.24, 2.45) is 5.41 Å². The quantitative estimate of drug-likeness (QED) is 0.299. The number of anilines is 2. The first kappa shape index (κ1) is 26.8. The van der Waals surface area contributed by atoms with Crippen LogP contribution in [-0.4, -0.2) is 51.9 Å². The van der Waals surface area contributed by atoms with Gasteiger partial charge in [-0.2, -0.15) is 13.2 Å². The maximum atomic E-state index is 13.2. The molecule has 0 N–H and O–H groups in total. The number of benzene rings is 3. The van der Waals surface area contributed by atoms with E-state index in [4.69, 9.17) is 4.74 Å². The Morgan fingerprint density at radius 2 is 1.57 bits per heavy atom. The Labute approximate surface area is 228 Å². The highest BCUT2D eigenvalue weighted by Crippen LogP contribution is 2.49. The molecule has 212 valence electrons. The summed E-state index contributed by atoms with van der Waals surface area (Å²) in [6, 6.07) is 21.0. The van der Waals surface area contributed by atoms with Gasteiger partial charge in [-0.3, -0.25) is 0 Å². The lowest BCUT2D eigenvalue weighted by Gasteiger charge is -2.56. The lowest BCUT2D eigenvalue weighted by Crippen LogP contribution is -2.66. The largest absolute Gasteiger partial charge is 0.573 e. The molecular formula is C30H28F6N2O2. The van der Waals surface area contributed by atoms with Crippen molar-refractivity contribution in [3.8, 4) is 5.75 Å². The molecule has 3 aliphatic rings. The van der Waals surface area contributed by atoms with Crippen LogP contribution in [0.25, 0.3) is 0 Å². The molecular weight excluding hydrogens is 534 g/mol. The molecule has 10 heteroatoms. The van der Waals surface area contributed by atoms with Crippen LogP contribution >= 0.6 is 0 Å². The maximum Gasteiger partial charge on any atom is 0.573 e. The van der Waals surface area contributed by atoms with E-state index in [1.165, 1.54) is 18.2 Å². The fraction of sp³-hybridized carbons (Fsp3) is 0.400. The molecule has 1 unspecified atom stereocenters. The van der Waals surface area contributed by atoms with Crippen molar-refractivity contribution >= 4 is 11.4 Å². The van der Waals surface area contributed by atoms with Crippen LogP contribution in [-0.2, 0) is 16.6 Å². The number of hydrogen-bond donors (Lipinski definition) is 0. The van der Waals surface area contributed by atoms with Gasteiger partial charge in [-0.25, -0.2) is 0 Å². The third kappa shape index (κ3) is 5.21. The van der Waals surface area contributed by atoms with Crippen LogP contribution in [0.2, 0.25) is 0 Å². The summed E-state index contributed by atoms with van der Waals surface area (Å²) >= 11 is 0. The van der Waals surface area contributed by atoms with Crippen LogP contribution in [0.3, 0.4) is 0 Å². The van der Waals surface area contributed by atoms with E-state index < -0.39 is 24.4 Å². The average molecular weight is 563 g/mol. The van der Waals surface area contributed by atoms with Gasteiger partial charge in [0.05, 0.1) is 25.0 Å². The van der Waals surface area contributed by atoms with E-state index in [0.717, 1.165) is 43.1 Å². The second kappa shape index (κ2) is 9.61. The number of rotatable bonds is 7. The van der Waals surface area contributed by atoms with Gasteiger partial charge < -0.3 is 19.3 Å². The first-order valence-corrected chi connectivity index (χ1v) is 13.1. The number of halogens is 6. The van der Waals surface area contributed by atoms with E-state index in [1.807, 2.05) is 30.3 Å². The zero-order chi connectivity index (χ0) is 28.2. The number of ether oxygens (including phenoxy) is 2. The maximum absolute atomic E-state index is 13.2. The van der Waals surface area contributed by atoms with Gasteiger partial charge in [0.1, 0.15) is 5.75 Å². The van der Waals surface area contributed by atoms with Gasteiger partial charge in [-0.05, 0) is 53.4 Å². The van der Waals surface area contributed by atoms with Crippen LogP contribution in [0.1, 0.15) is 23.1 Å². The van der Waals surface area contributed by atoms with Gasteiger partial charge in [0, 0.05) is 43.0 Å². The summed E-state index contributed by atoms with van der Waals surface area (Å²) in [5.41, 5.74) is 3.29. The number of alkyl halides is 6. The van der Waals surface area contributed by atoms with E-state index in [2.05, 4.69) is 15.7 Å². The minimum absolute atomic E-state index is 0.187. The second-order valence-corrected chi connectivity index (χ2v) is 11.2. The standard InChI is InChI=1S/C30H28F6N2O2/c31-29(32,33)11-12-37-18-28(25-9-1-2-10-26(25)37,22-6-4-8-24(14-22)40-30(34,35)36)15-21-5-3-7-23(13-21)38-16-27(17-38)19-39-20-27/h1-10,13-14H,11-12,15-20H2. The first-order valence-electron chi connectivity index (χ1n) is 13.1. The Bertz CT molecular complexity index is 1380. The molecule has 40 heavy (non-hydrogen) atoms. The predicted octanol–water partition coefficient (Wildman–Crippen LogP) is 6.72. The summed E-state index contributed by atoms with van der Waals surface area (Å²) in [4.78, 5) is 3.97. The summed E-state index contributed by atoms with van der Waals surface area (Å²) in [5, 5.41) is 0. The third-order valence-electron chi connectivity index (χ3n) is 8.16. The van der Waals surface area contributed by atoms with Crippen LogP contribution in [0, 0.1) is 5.41 Å². The summed E-state index contributed by atoms with van der Waals surface area (Å²) in [6.45, 7) is 3.24. The van der Waals surface area contributed by atoms with Gasteiger partial charge >= 0.3 is 12.5 Å². The molecule has 1 spiro atoms. The topological polar surface area (TPSA) is 24.9 Å². The molecule has 3 heterocycles. The van der Waals surface area contributed by atoms with E-state index in [-0.39, 0.29) is 24.3 Å². The second-order valence-electron chi connectivity index (χ2n) is 11.2. The minimum Gasteiger partial charge on any atom is -0.406 e. The Hall–Kier alpha value is -3.40. The number of hydrogen-bond acceptors (Lipinski definition) is 4. The minimum atomic E-state index is -4.87. The fourth-order valence-electron chi connectivity index (χ4n) is 6.33. The van der Waals surface area contributed by atoms with Crippen molar-refractivity contribution in [2.75, 3.05) is 49.2 Å². The molecule has 1 atom stereocenters. The Morgan fingerprint density at radius 1 is 0.825 bits per heavy atom. The van der Waals surface area contributed by atoms with Crippen molar-refractivity contribution in [1.82, 2.24) is 0 Å². The molecule has 0 amide bonds. The number of para-hydroxylation sites is 1. The normalized spacial score (nSPS) is 21.6. The average Bonchev–Trinajstić information content (AvgIpc) is 3.15. The highest BCUT2D eigenvalue weighted by atomic mass is 19.4. The molecule has 3 aromatic rings. The van der Waals surface area contributed by atoms with Crippen molar-refractivity contribution in [3.63, 3.8) is 0 Å². The van der Waals surface area contributed by atoms with Gasteiger partial charge in [-0.1, -0.05) is 42.5 Å². The van der Waals surface area contributed by atoms with Crippen LogP contribution in [0.15, 0.2) is 72.8 Å². The van der Waals surface area contributed by atoms with Gasteiger partial charge in [-0.15, -0.1) is 13.2 Å². The summed E-state index contributed by atoms with van der Waals surface area (Å²) in [5.74, 6) is -0.363. The smallest absolute Gasteiger partial charge is 0.406 e. The zero-order valence-corrected chi connectivity index (χ0v) is 21.6.